The van der Waals surface area contributed by atoms with Gasteiger partial charge in [-0.3, -0.25) is 0 Å². The second-order valence-electron chi connectivity index (χ2n) is 5.69. The van der Waals surface area contributed by atoms with E-state index in [1.807, 2.05) is 12.1 Å². The molecule has 0 heterocycles. The second kappa shape index (κ2) is 4.77. The Morgan fingerprint density at radius 1 is 1.29 bits per heavy atom. The van der Waals surface area contributed by atoms with Gasteiger partial charge < -0.3 is 5.73 Å². The molecule has 0 spiro atoms. The van der Waals surface area contributed by atoms with E-state index >= 15 is 0 Å². The van der Waals surface area contributed by atoms with Crippen molar-refractivity contribution in [3.63, 3.8) is 0 Å². The molecule has 0 aliphatic heterocycles. The molecule has 1 aromatic carbocycles. The zero-order valence-corrected chi connectivity index (χ0v) is 10.7. The molecule has 0 radical (unpaired) electrons. The fraction of sp³-hybridized carbons (Fsp3) is 0.600. The Bertz CT molecular complexity index is 373. The third kappa shape index (κ3) is 2.68. The van der Waals surface area contributed by atoms with Gasteiger partial charge in [-0.2, -0.15) is 0 Å². The maximum absolute atomic E-state index is 12.9. The van der Waals surface area contributed by atoms with Gasteiger partial charge in [-0.15, -0.1) is 0 Å². The average Bonchev–Trinajstić information content (AvgIpc) is 2.29. The summed E-state index contributed by atoms with van der Waals surface area (Å²) in [5.74, 6) is 1.04. The third-order valence-electron chi connectivity index (χ3n) is 4.51. The van der Waals surface area contributed by atoms with E-state index in [9.17, 15) is 4.39 Å². The molecule has 3 atom stereocenters. The Balaban J connectivity index is 2.13. The van der Waals surface area contributed by atoms with Gasteiger partial charge in [0.1, 0.15) is 5.82 Å². The van der Waals surface area contributed by atoms with Crippen LogP contribution in [-0.2, 0) is 6.42 Å². The minimum Gasteiger partial charge on any atom is -0.325 e. The average molecular weight is 235 g/mol. The molecule has 0 saturated heterocycles. The number of rotatable bonds is 2. The van der Waals surface area contributed by atoms with Crippen molar-refractivity contribution in [2.45, 2.75) is 45.1 Å². The van der Waals surface area contributed by atoms with Crippen LogP contribution < -0.4 is 5.73 Å². The van der Waals surface area contributed by atoms with Gasteiger partial charge in [0.2, 0.25) is 0 Å². The maximum atomic E-state index is 12.9. The van der Waals surface area contributed by atoms with Crippen molar-refractivity contribution in [1.29, 1.82) is 0 Å². The van der Waals surface area contributed by atoms with E-state index in [4.69, 9.17) is 5.73 Å². The van der Waals surface area contributed by atoms with Crippen LogP contribution in [-0.4, -0.2) is 5.54 Å². The molecule has 1 aliphatic rings. The number of nitrogens with two attached hydrogens (primary N) is 1. The van der Waals surface area contributed by atoms with Gasteiger partial charge in [0.15, 0.2) is 0 Å². The van der Waals surface area contributed by atoms with Crippen molar-refractivity contribution in [1.82, 2.24) is 0 Å². The van der Waals surface area contributed by atoms with Crippen LogP contribution in [0.15, 0.2) is 24.3 Å². The SMILES string of the molecule is CC1CCCC(N)(Cc2ccc(F)cc2)C1C. The fourth-order valence-electron chi connectivity index (χ4n) is 3.03. The first kappa shape index (κ1) is 12.6. The summed E-state index contributed by atoms with van der Waals surface area (Å²) in [6.45, 7) is 4.55. The third-order valence-corrected chi connectivity index (χ3v) is 4.51. The molecular weight excluding hydrogens is 213 g/mol. The molecule has 1 aromatic rings. The molecule has 1 fully saturated rings. The van der Waals surface area contributed by atoms with Crippen molar-refractivity contribution < 1.29 is 4.39 Å². The van der Waals surface area contributed by atoms with Gasteiger partial charge >= 0.3 is 0 Å². The highest BCUT2D eigenvalue weighted by molar-refractivity contribution is 5.19. The summed E-state index contributed by atoms with van der Waals surface area (Å²) in [6.07, 6.45) is 4.43. The van der Waals surface area contributed by atoms with E-state index in [2.05, 4.69) is 13.8 Å². The molecule has 17 heavy (non-hydrogen) atoms. The molecule has 0 amide bonds. The summed E-state index contributed by atoms with van der Waals surface area (Å²) in [5, 5.41) is 0. The summed E-state index contributed by atoms with van der Waals surface area (Å²) in [7, 11) is 0. The van der Waals surface area contributed by atoms with Crippen LogP contribution in [0.25, 0.3) is 0 Å². The zero-order chi connectivity index (χ0) is 12.5. The molecule has 2 rings (SSSR count). The molecule has 1 saturated carbocycles. The maximum Gasteiger partial charge on any atom is 0.123 e. The van der Waals surface area contributed by atoms with E-state index in [-0.39, 0.29) is 11.4 Å². The van der Waals surface area contributed by atoms with Crippen LogP contribution in [0.5, 0.6) is 0 Å². The van der Waals surface area contributed by atoms with Gasteiger partial charge in [-0.1, -0.05) is 38.8 Å². The molecule has 2 heteroatoms. The van der Waals surface area contributed by atoms with Crippen LogP contribution in [0.1, 0.15) is 38.7 Å². The van der Waals surface area contributed by atoms with Crippen LogP contribution in [0.4, 0.5) is 4.39 Å². The Kier molecular flexibility index (Phi) is 3.53. The molecular formula is C15H22FN. The lowest BCUT2D eigenvalue weighted by atomic mass is 9.66. The monoisotopic (exact) mass is 235 g/mol. The van der Waals surface area contributed by atoms with Crippen molar-refractivity contribution in [3.05, 3.63) is 35.6 Å². The van der Waals surface area contributed by atoms with Gasteiger partial charge in [-0.25, -0.2) is 4.39 Å². The molecule has 2 N–H and O–H groups in total. The van der Waals surface area contributed by atoms with Crippen LogP contribution in [0.3, 0.4) is 0 Å². The number of halogens is 1. The van der Waals surface area contributed by atoms with Crippen LogP contribution >= 0.6 is 0 Å². The first-order valence-electron chi connectivity index (χ1n) is 6.54. The first-order valence-corrected chi connectivity index (χ1v) is 6.54. The first-order chi connectivity index (χ1) is 8.01. The van der Waals surface area contributed by atoms with Crippen molar-refractivity contribution >= 4 is 0 Å². The summed E-state index contributed by atoms with van der Waals surface area (Å²) >= 11 is 0. The Hall–Kier alpha value is -0.890. The van der Waals surface area contributed by atoms with Crippen molar-refractivity contribution in [2.24, 2.45) is 17.6 Å². The van der Waals surface area contributed by atoms with Crippen molar-refractivity contribution in [2.75, 3.05) is 0 Å². The van der Waals surface area contributed by atoms with E-state index in [0.717, 1.165) is 18.4 Å². The van der Waals surface area contributed by atoms with E-state index in [1.54, 1.807) is 0 Å². The molecule has 0 aromatic heterocycles. The van der Waals surface area contributed by atoms with Gasteiger partial charge in [0.05, 0.1) is 0 Å². The van der Waals surface area contributed by atoms with Crippen molar-refractivity contribution in [3.8, 4) is 0 Å². The van der Waals surface area contributed by atoms with Crippen LogP contribution in [0.2, 0.25) is 0 Å². The molecule has 0 bridgehead atoms. The highest BCUT2D eigenvalue weighted by Gasteiger charge is 2.37. The molecule has 94 valence electrons. The summed E-state index contributed by atoms with van der Waals surface area (Å²) in [5.41, 5.74) is 7.60. The lowest BCUT2D eigenvalue weighted by molar-refractivity contribution is 0.143. The zero-order valence-electron chi connectivity index (χ0n) is 10.7. The number of benzene rings is 1. The Labute approximate surface area is 103 Å². The quantitative estimate of drug-likeness (QED) is 0.834. The van der Waals surface area contributed by atoms with E-state index in [1.165, 1.54) is 25.0 Å². The summed E-state index contributed by atoms with van der Waals surface area (Å²) in [4.78, 5) is 0. The predicted molar refractivity (Wildman–Crippen MR) is 69.2 cm³/mol. The summed E-state index contributed by atoms with van der Waals surface area (Å²) < 4.78 is 12.9. The minimum atomic E-state index is -0.176. The number of hydrogen-bond donors (Lipinski definition) is 1. The normalized spacial score (nSPS) is 33.6. The van der Waals surface area contributed by atoms with Crippen LogP contribution in [0, 0.1) is 17.7 Å². The van der Waals surface area contributed by atoms with Gasteiger partial charge in [0, 0.05) is 5.54 Å². The highest BCUT2D eigenvalue weighted by Crippen LogP contribution is 2.37. The summed E-state index contributed by atoms with van der Waals surface area (Å²) in [6, 6.07) is 6.76. The fourth-order valence-corrected chi connectivity index (χ4v) is 3.03. The lowest BCUT2D eigenvalue weighted by Crippen LogP contribution is -2.52. The topological polar surface area (TPSA) is 26.0 Å². The largest absolute Gasteiger partial charge is 0.325 e. The van der Waals surface area contributed by atoms with E-state index < -0.39 is 0 Å². The lowest BCUT2D eigenvalue weighted by Gasteiger charge is -2.43. The Morgan fingerprint density at radius 2 is 1.94 bits per heavy atom. The predicted octanol–water partition coefficient (Wildman–Crippen LogP) is 3.52. The smallest absolute Gasteiger partial charge is 0.123 e. The molecule has 1 aliphatic carbocycles. The second-order valence-corrected chi connectivity index (χ2v) is 5.69. The van der Waals surface area contributed by atoms with E-state index in [0.29, 0.717) is 11.8 Å². The van der Waals surface area contributed by atoms with Gasteiger partial charge in [-0.05, 0) is 42.4 Å². The standard InChI is InChI=1S/C15H22FN/c1-11-4-3-9-15(17,12(11)2)10-13-5-7-14(16)8-6-13/h5-8,11-12H,3-4,9-10,17H2,1-2H3. The Morgan fingerprint density at radius 3 is 2.59 bits per heavy atom. The van der Waals surface area contributed by atoms with Gasteiger partial charge in [0.25, 0.3) is 0 Å². The minimum absolute atomic E-state index is 0.116. The number of hydrogen-bond acceptors (Lipinski definition) is 1. The highest BCUT2D eigenvalue weighted by atomic mass is 19.1. The molecule has 1 nitrogen and oxygen atoms in total. The molecule has 3 unspecified atom stereocenters.